The highest BCUT2D eigenvalue weighted by Crippen LogP contribution is 2.39. The Morgan fingerprint density at radius 2 is 1.05 bits per heavy atom. The highest BCUT2D eigenvalue weighted by molar-refractivity contribution is 6.33. The predicted octanol–water partition coefficient (Wildman–Crippen LogP) is 9.73. The van der Waals surface area contributed by atoms with Gasteiger partial charge < -0.3 is 26.4 Å². The molecule has 0 heterocycles. The molecule has 2 atom stereocenters. The van der Waals surface area contributed by atoms with Crippen LogP contribution in [0.4, 0.5) is 28.4 Å². The molecular formula is C48H48N4O5. The standard InChI is InChI=1S/C46H42N4O5.C2H6/c1-5-28(16-15-26(3)48-36-23-24-37(49-27(4)51)41-40(36)44(53)33-13-9-10-14-34(33)45(41)54)25-29-17-19-30(20-18-29)50-38-22-21-35(47-6-2)39-42(38)46(55)32-12-8-7-11-31(32)43(39)52;1-2/h5,7-24,26-27,47-51H,6,25H2,1-4H3;1-2H3/b16-15-,28-5+;. The number of carbonyl (C=O) groups excluding carboxylic acids is 4. The molecule has 0 spiro atoms. The van der Waals surface area contributed by atoms with Crippen molar-refractivity contribution in [1.82, 2.24) is 0 Å². The molecule has 0 fully saturated rings. The van der Waals surface area contributed by atoms with Crippen molar-refractivity contribution in [2.75, 3.05) is 27.8 Å². The predicted molar refractivity (Wildman–Crippen MR) is 230 cm³/mol. The average Bonchev–Trinajstić information content (AvgIpc) is 3.22. The van der Waals surface area contributed by atoms with Crippen molar-refractivity contribution in [1.29, 1.82) is 0 Å². The Bertz CT molecular complexity index is 2430. The summed E-state index contributed by atoms with van der Waals surface area (Å²) in [7, 11) is 0. The van der Waals surface area contributed by atoms with E-state index in [4.69, 9.17) is 0 Å². The number of hydrogen-bond acceptors (Lipinski definition) is 9. The molecule has 9 heteroatoms. The Hall–Kier alpha value is -6.58. The highest BCUT2D eigenvalue weighted by atomic mass is 16.3. The molecule has 5 N–H and O–H groups in total. The first-order valence-electron chi connectivity index (χ1n) is 19.4. The third-order valence-corrected chi connectivity index (χ3v) is 9.88. The SMILES string of the molecule is C/C=C(\C=C/C(C)Nc1ccc(NC(C)O)c2c1C(=O)c1ccccc1C2=O)Cc1ccc(Nc2ccc(NCC)c3c2C(=O)c2ccccc2C3=O)cc1.CC. The normalized spacial score (nSPS) is 14.1. The Labute approximate surface area is 333 Å². The number of hydrogen-bond donors (Lipinski definition) is 5. The minimum atomic E-state index is -0.918. The summed E-state index contributed by atoms with van der Waals surface area (Å²) < 4.78 is 0. The van der Waals surface area contributed by atoms with Crippen LogP contribution in [0.2, 0.25) is 0 Å². The molecular weight excluding hydrogens is 713 g/mol. The van der Waals surface area contributed by atoms with Gasteiger partial charge in [0.1, 0.15) is 6.23 Å². The van der Waals surface area contributed by atoms with Gasteiger partial charge in [-0.3, -0.25) is 19.2 Å². The van der Waals surface area contributed by atoms with Gasteiger partial charge in [0.2, 0.25) is 0 Å². The van der Waals surface area contributed by atoms with E-state index in [1.807, 2.05) is 89.2 Å². The fraction of sp³-hybridized carbons (Fsp3) is 0.208. The van der Waals surface area contributed by atoms with Crippen LogP contribution in [0, 0.1) is 0 Å². The van der Waals surface area contributed by atoms with Crippen molar-refractivity contribution in [2.24, 2.45) is 0 Å². The number of benzene rings is 5. The van der Waals surface area contributed by atoms with Crippen molar-refractivity contribution in [3.05, 3.63) is 171 Å². The Kier molecular flexibility index (Phi) is 12.3. The van der Waals surface area contributed by atoms with Crippen LogP contribution in [0.3, 0.4) is 0 Å². The van der Waals surface area contributed by atoms with E-state index < -0.39 is 6.23 Å². The fourth-order valence-electron chi connectivity index (χ4n) is 7.27. The largest absolute Gasteiger partial charge is 0.385 e. The lowest BCUT2D eigenvalue weighted by Gasteiger charge is -2.25. The fourth-order valence-corrected chi connectivity index (χ4v) is 7.27. The van der Waals surface area contributed by atoms with E-state index in [-0.39, 0.29) is 40.3 Å². The molecule has 9 nitrogen and oxygen atoms in total. The van der Waals surface area contributed by atoms with E-state index in [1.54, 1.807) is 67.6 Å². The monoisotopic (exact) mass is 760 g/mol. The maximum absolute atomic E-state index is 13.8. The van der Waals surface area contributed by atoms with Gasteiger partial charge in [0.15, 0.2) is 23.1 Å². The number of aliphatic hydroxyl groups excluding tert-OH is 1. The minimum Gasteiger partial charge on any atom is -0.385 e. The zero-order valence-electron chi connectivity index (χ0n) is 33.1. The van der Waals surface area contributed by atoms with E-state index >= 15 is 0 Å². The molecule has 7 rings (SSSR count). The molecule has 0 aromatic heterocycles. The van der Waals surface area contributed by atoms with Crippen molar-refractivity contribution in [3.63, 3.8) is 0 Å². The van der Waals surface area contributed by atoms with E-state index in [0.717, 1.165) is 16.8 Å². The summed E-state index contributed by atoms with van der Waals surface area (Å²) in [6.45, 7) is 12.1. The van der Waals surface area contributed by atoms with Gasteiger partial charge in [-0.25, -0.2) is 0 Å². The summed E-state index contributed by atoms with van der Waals surface area (Å²) in [6, 6.07) is 28.7. The molecule has 0 saturated carbocycles. The third-order valence-electron chi connectivity index (χ3n) is 9.88. The maximum Gasteiger partial charge on any atom is 0.196 e. The molecule has 5 aromatic carbocycles. The Morgan fingerprint density at radius 3 is 1.53 bits per heavy atom. The lowest BCUT2D eigenvalue weighted by Crippen LogP contribution is -2.26. The van der Waals surface area contributed by atoms with Crippen LogP contribution in [0.25, 0.3) is 0 Å². The zero-order chi connectivity index (χ0) is 40.8. The summed E-state index contributed by atoms with van der Waals surface area (Å²) in [5, 5.41) is 23.0. The number of fused-ring (bicyclic) bond motifs is 4. The first-order valence-corrected chi connectivity index (χ1v) is 19.4. The number of nitrogens with one attached hydrogen (secondary N) is 4. The summed E-state index contributed by atoms with van der Waals surface area (Å²) >= 11 is 0. The number of allylic oxidation sites excluding steroid dienone is 3. The van der Waals surface area contributed by atoms with E-state index in [0.29, 0.717) is 69.1 Å². The average molecular weight is 761 g/mol. The summed E-state index contributed by atoms with van der Waals surface area (Å²) in [5.41, 5.74) is 7.87. The Morgan fingerprint density at radius 1 is 0.614 bits per heavy atom. The third kappa shape index (κ3) is 8.06. The van der Waals surface area contributed by atoms with E-state index in [2.05, 4.69) is 21.3 Å². The van der Waals surface area contributed by atoms with Crippen molar-refractivity contribution < 1.29 is 24.3 Å². The minimum absolute atomic E-state index is 0.173. The van der Waals surface area contributed by atoms with Crippen molar-refractivity contribution in [3.8, 4) is 0 Å². The van der Waals surface area contributed by atoms with E-state index in [1.165, 1.54) is 0 Å². The lowest BCUT2D eigenvalue weighted by atomic mass is 9.82. The van der Waals surface area contributed by atoms with Crippen molar-refractivity contribution in [2.45, 2.75) is 60.2 Å². The molecule has 0 aliphatic heterocycles. The lowest BCUT2D eigenvalue weighted by molar-refractivity contribution is 0.0980. The smallest absolute Gasteiger partial charge is 0.196 e. The molecule has 5 aromatic rings. The zero-order valence-corrected chi connectivity index (χ0v) is 33.1. The van der Waals surface area contributed by atoms with Gasteiger partial charge in [0, 0.05) is 57.6 Å². The number of aliphatic hydroxyl groups is 1. The second-order valence-electron chi connectivity index (χ2n) is 13.7. The van der Waals surface area contributed by atoms with Crippen molar-refractivity contribution >= 4 is 51.6 Å². The van der Waals surface area contributed by atoms with Gasteiger partial charge in [-0.2, -0.15) is 0 Å². The number of rotatable bonds is 12. The molecule has 2 aliphatic rings. The molecule has 0 radical (unpaired) electrons. The summed E-state index contributed by atoms with van der Waals surface area (Å²) in [4.78, 5) is 54.8. The summed E-state index contributed by atoms with van der Waals surface area (Å²) in [5.74, 6) is -0.879. The number of anilines is 5. The van der Waals surface area contributed by atoms with Gasteiger partial charge in [-0.1, -0.05) is 92.7 Å². The van der Waals surface area contributed by atoms with Gasteiger partial charge in [-0.05, 0) is 81.7 Å². The van der Waals surface area contributed by atoms with Crippen LogP contribution >= 0.6 is 0 Å². The van der Waals surface area contributed by atoms with Crippen LogP contribution in [0.15, 0.2) is 121 Å². The van der Waals surface area contributed by atoms with Crippen LogP contribution < -0.4 is 21.3 Å². The van der Waals surface area contributed by atoms with Gasteiger partial charge >= 0.3 is 0 Å². The van der Waals surface area contributed by atoms with Gasteiger partial charge in [-0.15, -0.1) is 0 Å². The highest BCUT2D eigenvalue weighted by Gasteiger charge is 2.35. The molecule has 2 unspecified atom stereocenters. The van der Waals surface area contributed by atoms with Gasteiger partial charge in [0.25, 0.3) is 0 Å². The van der Waals surface area contributed by atoms with E-state index in [9.17, 15) is 24.3 Å². The molecule has 0 bridgehead atoms. The first-order chi connectivity index (χ1) is 27.6. The molecule has 290 valence electrons. The van der Waals surface area contributed by atoms with Crippen LogP contribution in [-0.2, 0) is 6.42 Å². The van der Waals surface area contributed by atoms with Crippen LogP contribution in [0.5, 0.6) is 0 Å². The molecule has 57 heavy (non-hydrogen) atoms. The second-order valence-corrected chi connectivity index (χ2v) is 13.7. The topological polar surface area (TPSA) is 137 Å². The maximum atomic E-state index is 13.8. The molecule has 2 aliphatic carbocycles. The number of carbonyl (C=O) groups is 4. The Balaban J connectivity index is 0.00000270. The molecule has 0 saturated heterocycles. The second kappa shape index (κ2) is 17.5. The number of ketones is 4. The quantitative estimate of drug-likeness (QED) is 0.0609. The van der Waals surface area contributed by atoms with Crippen LogP contribution in [-0.4, -0.2) is 47.1 Å². The van der Waals surface area contributed by atoms with Crippen LogP contribution in [0.1, 0.15) is 111 Å². The summed E-state index contributed by atoms with van der Waals surface area (Å²) in [6.07, 6.45) is 5.85. The van der Waals surface area contributed by atoms with Gasteiger partial charge in [0.05, 0.1) is 27.9 Å². The first kappa shape index (κ1) is 40.1. The molecule has 0 amide bonds.